The van der Waals surface area contributed by atoms with Crippen LogP contribution in [-0.2, 0) is 11.3 Å². The molecule has 0 aromatic heterocycles. The molecule has 7 heteroatoms. The fourth-order valence-corrected chi connectivity index (χ4v) is 5.14. The smallest absolute Gasteiger partial charge is 0.321 e. The van der Waals surface area contributed by atoms with E-state index in [-0.39, 0.29) is 17.6 Å². The summed E-state index contributed by atoms with van der Waals surface area (Å²) in [5, 5.41) is 13.1. The lowest BCUT2D eigenvalue weighted by Crippen LogP contribution is -2.80. The van der Waals surface area contributed by atoms with Gasteiger partial charge in [-0.1, -0.05) is 36.4 Å². The van der Waals surface area contributed by atoms with E-state index in [1.807, 2.05) is 53.4 Å². The number of likely N-dealkylation sites (tertiary alicyclic amines) is 1. The quantitative estimate of drug-likeness (QED) is 0.815. The number of hydrogen-bond acceptors (Lipinski definition) is 5. The molecule has 2 amide bonds. The van der Waals surface area contributed by atoms with Crippen molar-refractivity contribution in [3.05, 3.63) is 60.2 Å². The fraction of sp³-hybridized carbons (Fsp3) is 0.435. The summed E-state index contributed by atoms with van der Waals surface area (Å²) in [4.78, 5) is 19.8. The zero-order valence-electron chi connectivity index (χ0n) is 17.0. The van der Waals surface area contributed by atoms with Crippen LogP contribution < -0.4 is 5.32 Å². The second kappa shape index (κ2) is 7.91. The van der Waals surface area contributed by atoms with Gasteiger partial charge in [0, 0.05) is 50.5 Å². The molecule has 3 aliphatic heterocycles. The van der Waals surface area contributed by atoms with Gasteiger partial charge in [-0.25, -0.2) is 4.79 Å². The Balaban J connectivity index is 1.29. The minimum Gasteiger partial charge on any atom is -0.508 e. The number of phenolic OH excluding ortho intramolecular Hbond substituents is 1. The molecule has 3 aliphatic rings. The lowest BCUT2D eigenvalue weighted by molar-refractivity contribution is -0.159. The standard InChI is InChI=1S/C23H28N4O3/c28-21-9-5-4-6-18(21)12-25-15-23(16-25)17-26(13-20-14-30-11-10-27(20)23)22(29)24-19-7-2-1-3-8-19/h1-9,20,28H,10-17H2,(H,24,29)/t20-/m1/s1. The normalized spacial score (nSPS) is 23.6. The minimum atomic E-state index is -0.0510. The van der Waals surface area contributed by atoms with Crippen molar-refractivity contribution in [2.24, 2.45) is 0 Å². The molecule has 0 radical (unpaired) electrons. The number of rotatable bonds is 3. The minimum absolute atomic E-state index is 0.0505. The number of carbonyl (C=O) groups is 1. The number of hydrogen-bond donors (Lipinski definition) is 2. The van der Waals surface area contributed by atoms with E-state index in [1.54, 1.807) is 6.07 Å². The van der Waals surface area contributed by atoms with Crippen LogP contribution in [0.1, 0.15) is 5.56 Å². The summed E-state index contributed by atoms with van der Waals surface area (Å²) >= 11 is 0. The van der Waals surface area contributed by atoms with Gasteiger partial charge in [-0.3, -0.25) is 9.80 Å². The number of fused-ring (bicyclic) bond motifs is 2. The molecular weight excluding hydrogens is 380 g/mol. The van der Waals surface area contributed by atoms with Crippen molar-refractivity contribution in [1.29, 1.82) is 0 Å². The highest BCUT2D eigenvalue weighted by molar-refractivity contribution is 5.89. The van der Waals surface area contributed by atoms with Gasteiger partial charge < -0.3 is 20.1 Å². The molecule has 3 saturated heterocycles. The fourth-order valence-electron chi connectivity index (χ4n) is 5.14. The van der Waals surface area contributed by atoms with Crippen molar-refractivity contribution in [1.82, 2.24) is 14.7 Å². The molecule has 2 aromatic carbocycles. The van der Waals surface area contributed by atoms with Crippen LogP contribution in [-0.4, -0.2) is 83.4 Å². The van der Waals surface area contributed by atoms with Gasteiger partial charge in [0.1, 0.15) is 5.75 Å². The molecule has 1 spiro atoms. The molecule has 5 rings (SSSR count). The predicted molar refractivity (Wildman–Crippen MR) is 114 cm³/mol. The highest BCUT2D eigenvalue weighted by Gasteiger charge is 2.54. The molecule has 7 nitrogen and oxygen atoms in total. The van der Waals surface area contributed by atoms with Gasteiger partial charge in [-0.05, 0) is 18.2 Å². The van der Waals surface area contributed by atoms with Gasteiger partial charge in [0.25, 0.3) is 0 Å². The summed E-state index contributed by atoms with van der Waals surface area (Å²) in [6.07, 6.45) is 0. The lowest BCUT2D eigenvalue weighted by atomic mass is 9.82. The monoisotopic (exact) mass is 408 g/mol. The van der Waals surface area contributed by atoms with Crippen molar-refractivity contribution in [3.63, 3.8) is 0 Å². The van der Waals surface area contributed by atoms with Crippen LogP contribution in [0.25, 0.3) is 0 Å². The largest absolute Gasteiger partial charge is 0.508 e. The third-order valence-corrected chi connectivity index (χ3v) is 6.49. The van der Waals surface area contributed by atoms with Crippen molar-refractivity contribution in [2.75, 3.05) is 51.3 Å². The van der Waals surface area contributed by atoms with Crippen LogP contribution in [0, 0.1) is 0 Å². The van der Waals surface area contributed by atoms with Crippen LogP contribution >= 0.6 is 0 Å². The number of anilines is 1. The molecule has 158 valence electrons. The number of phenols is 1. The third kappa shape index (κ3) is 3.64. The molecule has 30 heavy (non-hydrogen) atoms. The maximum Gasteiger partial charge on any atom is 0.321 e. The van der Waals surface area contributed by atoms with Gasteiger partial charge in [-0.2, -0.15) is 0 Å². The Hall–Kier alpha value is -2.61. The van der Waals surface area contributed by atoms with Crippen LogP contribution in [0.4, 0.5) is 10.5 Å². The van der Waals surface area contributed by atoms with Crippen LogP contribution in [0.2, 0.25) is 0 Å². The Morgan fingerprint density at radius 1 is 1.10 bits per heavy atom. The zero-order valence-corrected chi connectivity index (χ0v) is 17.0. The van der Waals surface area contributed by atoms with Gasteiger partial charge in [0.2, 0.25) is 0 Å². The second-order valence-corrected chi connectivity index (χ2v) is 8.60. The summed E-state index contributed by atoms with van der Waals surface area (Å²) in [6, 6.07) is 17.3. The first kappa shape index (κ1) is 19.4. The summed E-state index contributed by atoms with van der Waals surface area (Å²) in [5.41, 5.74) is 1.71. The number of para-hydroxylation sites is 2. The number of carbonyl (C=O) groups excluding carboxylic acids is 1. The number of aromatic hydroxyl groups is 1. The number of piperazine rings is 1. The molecule has 2 aromatic rings. The van der Waals surface area contributed by atoms with Gasteiger partial charge in [-0.15, -0.1) is 0 Å². The number of urea groups is 1. The Bertz CT molecular complexity index is 900. The molecule has 0 aliphatic carbocycles. The Morgan fingerprint density at radius 3 is 2.67 bits per heavy atom. The van der Waals surface area contributed by atoms with E-state index in [4.69, 9.17) is 4.74 Å². The Morgan fingerprint density at radius 2 is 1.87 bits per heavy atom. The van der Waals surface area contributed by atoms with Crippen LogP contribution in [0.3, 0.4) is 0 Å². The maximum absolute atomic E-state index is 13.0. The number of nitrogens with zero attached hydrogens (tertiary/aromatic N) is 3. The highest BCUT2D eigenvalue weighted by Crippen LogP contribution is 2.37. The van der Waals surface area contributed by atoms with Crippen LogP contribution in [0.5, 0.6) is 5.75 Å². The average Bonchev–Trinajstić information content (AvgIpc) is 2.74. The molecule has 1 atom stereocenters. The SMILES string of the molecule is O=C(Nc1ccccc1)N1C[C@@H]2COCCN2C2(CN(Cc3ccccc3O)C2)C1. The first-order valence-electron chi connectivity index (χ1n) is 10.6. The molecule has 0 bridgehead atoms. The van der Waals surface area contributed by atoms with E-state index in [0.717, 1.165) is 44.0 Å². The zero-order chi connectivity index (χ0) is 20.6. The molecule has 0 saturated carbocycles. The summed E-state index contributed by atoms with van der Waals surface area (Å²) in [7, 11) is 0. The number of ether oxygens (including phenoxy) is 1. The second-order valence-electron chi connectivity index (χ2n) is 8.60. The number of morpholine rings is 1. The number of nitrogens with one attached hydrogen (secondary N) is 1. The van der Waals surface area contributed by atoms with Crippen molar-refractivity contribution >= 4 is 11.7 Å². The average molecular weight is 409 g/mol. The van der Waals surface area contributed by atoms with Gasteiger partial charge in [0.05, 0.1) is 24.8 Å². The highest BCUT2D eigenvalue weighted by atomic mass is 16.5. The summed E-state index contributed by atoms with van der Waals surface area (Å²) in [5.74, 6) is 0.343. The Kier molecular flexibility index (Phi) is 5.10. The van der Waals surface area contributed by atoms with E-state index in [2.05, 4.69) is 15.1 Å². The molecule has 2 N–H and O–H groups in total. The van der Waals surface area contributed by atoms with Crippen molar-refractivity contribution in [3.8, 4) is 5.75 Å². The number of amides is 2. The molecule has 0 unspecified atom stereocenters. The topological polar surface area (TPSA) is 68.3 Å². The first-order chi connectivity index (χ1) is 14.6. The van der Waals surface area contributed by atoms with E-state index >= 15 is 0 Å². The summed E-state index contributed by atoms with van der Waals surface area (Å²) in [6.45, 7) is 6.19. The summed E-state index contributed by atoms with van der Waals surface area (Å²) < 4.78 is 5.74. The first-order valence-corrected chi connectivity index (χ1v) is 10.6. The lowest BCUT2D eigenvalue weighted by Gasteiger charge is -2.63. The van der Waals surface area contributed by atoms with E-state index in [9.17, 15) is 9.90 Å². The van der Waals surface area contributed by atoms with Crippen molar-refractivity contribution in [2.45, 2.75) is 18.1 Å². The van der Waals surface area contributed by atoms with Gasteiger partial charge >= 0.3 is 6.03 Å². The van der Waals surface area contributed by atoms with Crippen molar-refractivity contribution < 1.29 is 14.6 Å². The van der Waals surface area contributed by atoms with Gasteiger partial charge in [0.15, 0.2) is 0 Å². The van der Waals surface area contributed by atoms with E-state index < -0.39 is 0 Å². The molecular formula is C23H28N4O3. The third-order valence-electron chi connectivity index (χ3n) is 6.49. The molecule has 3 heterocycles. The van der Waals surface area contributed by atoms with Crippen LogP contribution in [0.15, 0.2) is 54.6 Å². The molecule has 3 fully saturated rings. The Labute approximate surface area is 176 Å². The maximum atomic E-state index is 13.0. The van der Waals surface area contributed by atoms with E-state index in [0.29, 0.717) is 25.4 Å². The number of benzene rings is 2. The van der Waals surface area contributed by atoms with E-state index in [1.165, 1.54) is 0 Å². The predicted octanol–water partition coefficient (Wildman–Crippen LogP) is 2.20.